The lowest BCUT2D eigenvalue weighted by Crippen LogP contribution is -2.04. The Morgan fingerprint density at radius 3 is 2.36 bits per heavy atom. The van der Waals surface area contributed by atoms with Crippen LogP contribution < -0.4 is 4.74 Å². The SMILES string of the molecule is CCOc1ccc(C(=O)c2cc([N+](=O)[O-])c(Cl)cc2Cl)cc1. The second-order valence-corrected chi connectivity index (χ2v) is 5.14. The van der Waals surface area contributed by atoms with Crippen LogP contribution in [0.5, 0.6) is 5.75 Å². The molecule has 0 radical (unpaired) electrons. The Morgan fingerprint density at radius 1 is 1.18 bits per heavy atom. The summed E-state index contributed by atoms with van der Waals surface area (Å²) in [6.07, 6.45) is 0. The van der Waals surface area contributed by atoms with E-state index in [-0.39, 0.29) is 21.3 Å². The quantitative estimate of drug-likeness (QED) is 0.455. The highest BCUT2D eigenvalue weighted by atomic mass is 35.5. The van der Waals surface area contributed by atoms with Gasteiger partial charge in [-0.25, -0.2) is 0 Å². The van der Waals surface area contributed by atoms with Crippen LogP contribution >= 0.6 is 23.2 Å². The van der Waals surface area contributed by atoms with Crippen LogP contribution in [0.25, 0.3) is 0 Å². The van der Waals surface area contributed by atoms with E-state index in [0.717, 1.165) is 6.07 Å². The van der Waals surface area contributed by atoms with E-state index in [4.69, 9.17) is 27.9 Å². The molecule has 22 heavy (non-hydrogen) atoms. The van der Waals surface area contributed by atoms with Crippen LogP contribution in [0.3, 0.4) is 0 Å². The lowest BCUT2D eigenvalue weighted by Gasteiger charge is -2.07. The van der Waals surface area contributed by atoms with E-state index < -0.39 is 10.7 Å². The highest BCUT2D eigenvalue weighted by Gasteiger charge is 2.21. The summed E-state index contributed by atoms with van der Waals surface area (Å²) in [5.41, 5.74) is 0.0178. The van der Waals surface area contributed by atoms with E-state index in [2.05, 4.69) is 0 Å². The predicted molar refractivity (Wildman–Crippen MR) is 84.2 cm³/mol. The van der Waals surface area contributed by atoms with Gasteiger partial charge < -0.3 is 4.74 Å². The van der Waals surface area contributed by atoms with E-state index >= 15 is 0 Å². The van der Waals surface area contributed by atoms with Gasteiger partial charge >= 0.3 is 0 Å². The maximum Gasteiger partial charge on any atom is 0.288 e. The van der Waals surface area contributed by atoms with Crippen molar-refractivity contribution in [3.8, 4) is 5.75 Å². The van der Waals surface area contributed by atoms with Gasteiger partial charge in [-0.3, -0.25) is 14.9 Å². The topological polar surface area (TPSA) is 69.4 Å². The third-order valence-corrected chi connectivity index (χ3v) is 3.52. The Morgan fingerprint density at radius 2 is 1.82 bits per heavy atom. The molecular formula is C15H11Cl2NO4. The van der Waals surface area contributed by atoms with Gasteiger partial charge in [0.25, 0.3) is 5.69 Å². The van der Waals surface area contributed by atoms with Gasteiger partial charge in [-0.1, -0.05) is 23.2 Å². The van der Waals surface area contributed by atoms with Crippen LogP contribution in [0.15, 0.2) is 36.4 Å². The first-order valence-corrected chi connectivity index (χ1v) is 7.10. The minimum atomic E-state index is -0.659. The summed E-state index contributed by atoms with van der Waals surface area (Å²) in [6, 6.07) is 8.73. The van der Waals surface area contributed by atoms with E-state index in [1.165, 1.54) is 6.07 Å². The molecule has 0 saturated heterocycles. The third kappa shape index (κ3) is 3.37. The van der Waals surface area contributed by atoms with Crippen molar-refractivity contribution < 1.29 is 14.5 Å². The Labute approximate surface area is 136 Å². The van der Waals surface area contributed by atoms with Gasteiger partial charge in [-0.15, -0.1) is 0 Å². The van der Waals surface area contributed by atoms with Gasteiger partial charge in [0.05, 0.1) is 16.6 Å². The lowest BCUT2D eigenvalue weighted by molar-refractivity contribution is -0.384. The number of hydrogen-bond donors (Lipinski definition) is 0. The van der Waals surface area contributed by atoms with Gasteiger partial charge in [0.15, 0.2) is 5.78 Å². The molecule has 0 atom stereocenters. The molecule has 0 aromatic heterocycles. The first-order chi connectivity index (χ1) is 10.4. The fraction of sp³-hybridized carbons (Fsp3) is 0.133. The number of carbonyl (C=O) groups is 1. The van der Waals surface area contributed by atoms with Gasteiger partial charge in [0.1, 0.15) is 10.8 Å². The average Bonchev–Trinajstić information content (AvgIpc) is 2.47. The maximum atomic E-state index is 12.4. The molecule has 2 aromatic rings. The van der Waals surface area contributed by atoms with E-state index in [9.17, 15) is 14.9 Å². The van der Waals surface area contributed by atoms with Crippen LogP contribution in [-0.4, -0.2) is 17.3 Å². The van der Waals surface area contributed by atoms with Crippen molar-refractivity contribution in [3.05, 3.63) is 67.7 Å². The third-order valence-electron chi connectivity index (χ3n) is 2.91. The molecule has 0 amide bonds. The first kappa shape index (κ1) is 16.3. The molecular weight excluding hydrogens is 329 g/mol. The van der Waals surface area contributed by atoms with Crippen molar-refractivity contribution in [1.29, 1.82) is 0 Å². The second-order valence-electron chi connectivity index (χ2n) is 4.33. The van der Waals surface area contributed by atoms with Crippen LogP contribution in [0.1, 0.15) is 22.8 Å². The molecule has 0 aliphatic carbocycles. The molecule has 0 N–H and O–H groups in total. The van der Waals surface area contributed by atoms with Crippen LogP contribution in [-0.2, 0) is 0 Å². The van der Waals surface area contributed by atoms with Gasteiger partial charge in [0, 0.05) is 17.2 Å². The van der Waals surface area contributed by atoms with E-state index in [1.807, 2.05) is 6.92 Å². The number of hydrogen-bond acceptors (Lipinski definition) is 4. The fourth-order valence-corrected chi connectivity index (χ4v) is 2.41. The van der Waals surface area contributed by atoms with Crippen molar-refractivity contribution in [2.75, 3.05) is 6.61 Å². The summed E-state index contributed by atoms with van der Waals surface area (Å²) in [6.45, 7) is 2.37. The molecule has 0 aliphatic rings. The Balaban J connectivity index is 2.40. The number of rotatable bonds is 5. The van der Waals surface area contributed by atoms with Gasteiger partial charge in [0.2, 0.25) is 0 Å². The van der Waals surface area contributed by atoms with Crippen molar-refractivity contribution in [2.24, 2.45) is 0 Å². The number of halogens is 2. The molecule has 2 aromatic carbocycles. The van der Waals surface area contributed by atoms with Gasteiger partial charge in [-0.05, 0) is 37.3 Å². The minimum Gasteiger partial charge on any atom is -0.494 e. The summed E-state index contributed by atoms with van der Waals surface area (Å²) in [7, 11) is 0. The molecule has 0 aliphatic heterocycles. The van der Waals surface area contributed by atoms with Gasteiger partial charge in [-0.2, -0.15) is 0 Å². The summed E-state index contributed by atoms with van der Waals surface area (Å²) in [4.78, 5) is 22.7. The van der Waals surface area contributed by atoms with Crippen molar-refractivity contribution in [3.63, 3.8) is 0 Å². The highest BCUT2D eigenvalue weighted by Crippen LogP contribution is 2.32. The molecule has 0 unspecified atom stereocenters. The molecule has 0 bridgehead atoms. The Bertz CT molecular complexity index is 729. The fourth-order valence-electron chi connectivity index (χ4n) is 1.88. The number of ketones is 1. The molecule has 5 nitrogen and oxygen atoms in total. The predicted octanol–water partition coefficient (Wildman–Crippen LogP) is 4.53. The smallest absolute Gasteiger partial charge is 0.288 e. The monoisotopic (exact) mass is 339 g/mol. The van der Waals surface area contributed by atoms with E-state index in [1.54, 1.807) is 24.3 Å². The number of nitro benzene ring substituents is 1. The summed E-state index contributed by atoms with van der Waals surface area (Å²) in [5.74, 6) is 0.208. The minimum absolute atomic E-state index is 0.0296. The van der Waals surface area contributed by atoms with E-state index in [0.29, 0.717) is 17.9 Å². The zero-order valence-corrected chi connectivity index (χ0v) is 13.0. The first-order valence-electron chi connectivity index (χ1n) is 6.35. The zero-order chi connectivity index (χ0) is 16.3. The van der Waals surface area contributed by atoms with Crippen molar-refractivity contribution in [2.45, 2.75) is 6.92 Å². The molecule has 7 heteroatoms. The normalized spacial score (nSPS) is 10.3. The number of nitrogens with zero attached hydrogens (tertiary/aromatic N) is 1. The second kappa shape index (κ2) is 6.77. The molecule has 114 valence electrons. The van der Waals surface area contributed by atoms with Crippen molar-refractivity contribution >= 4 is 34.7 Å². The highest BCUT2D eigenvalue weighted by molar-refractivity contribution is 6.38. The summed E-state index contributed by atoms with van der Waals surface area (Å²) in [5, 5.41) is 10.9. The van der Waals surface area contributed by atoms with Crippen molar-refractivity contribution in [1.82, 2.24) is 0 Å². The molecule has 0 heterocycles. The Hall–Kier alpha value is -2.11. The molecule has 2 rings (SSSR count). The Kier molecular flexibility index (Phi) is 5.00. The van der Waals surface area contributed by atoms with Crippen LogP contribution in [0.4, 0.5) is 5.69 Å². The summed E-state index contributed by atoms with van der Waals surface area (Å²) < 4.78 is 5.29. The molecule has 0 saturated carbocycles. The maximum absolute atomic E-state index is 12.4. The van der Waals surface area contributed by atoms with Crippen LogP contribution in [0, 0.1) is 10.1 Å². The average molecular weight is 340 g/mol. The summed E-state index contributed by atoms with van der Waals surface area (Å²) >= 11 is 11.7. The number of benzene rings is 2. The lowest BCUT2D eigenvalue weighted by atomic mass is 10.0. The number of carbonyl (C=O) groups excluding carboxylic acids is 1. The largest absolute Gasteiger partial charge is 0.494 e. The zero-order valence-electron chi connectivity index (χ0n) is 11.5. The van der Waals surface area contributed by atoms with Crippen LogP contribution in [0.2, 0.25) is 10.0 Å². The molecule has 0 spiro atoms. The number of ether oxygens (including phenoxy) is 1. The standard InChI is InChI=1S/C15H11Cl2NO4/c1-2-22-10-5-3-9(4-6-10)15(19)11-7-14(18(20)21)13(17)8-12(11)16/h3-8H,2H2,1H3. The number of nitro groups is 1. The molecule has 0 fully saturated rings.